The van der Waals surface area contributed by atoms with E-state index < -0.39 is 11.2 Å². The molecule has 4 aromatic carbocycles. The summed E-state index contributed by atoms with van der Waals surface area (Å²) in [5.41, 5.74) is 4.23. The second-order valence-corrected chi connectivity index (χ2v) is 10.6. The van der Waals surface area contributed by atoms with E-state index in [1.165, 1.54) is 30.8 Å². The number of hydrogen-bond acceptors (Lipinski definition) is 5. The lowest BCUT2D eigenvalue weighted by atomic mass is 10.1. The van der Waals surface area contributed by atoms with E-state index in [9.17, 15) is 19.5 Å². The summed E-state index contributed by atoms with van der Waals surface area (Å²) >= 11 is 6.83. The minimum atomic E-state index is -1.06. The zero-order chi connectivity index (χ0) is 28.6. The number of aromatic carboxylic acids is 1. The van der Waals surface area contributed by atoms with Crippen LogP contribution in [0.3, 0.4) is 0 Å². The Bertz CT molecular complexity index is 1560. The van der Waals surface area contributed by atoms with E-state index in [1.807, 2.05) is 61.5 Å². The number of anilines is 3. The maximum Gasteiger partial charge on any atom is 0.335 e. The maximum atomic E-state index is 13.5. The van der Waals surface area contributed by atoms with Gasteiger partial charge in [-0.25, -0.2) is 4.79 Å². The normalized spacial score (nSPS) is 11.2. The lowest BCUT2D eigenvalue weighted by molar-refractivity contribution is -0.115. The molecule has 0 aliphatic heterocycles. The van der Waals surface area contributed by atoms with Crippen LogP contribution in [-0.2, 0) is 4.79 Å². The summed E-state index contributed by atoms with van der Waals surface area (Å²) in [6.07, 6.45) is 0. The van der Waals surface area contributed by atoms with E-state index >= 15 is 0 Å². The first-order valence-corrected chi connectivity index (χ1v) is 13.6. The number of carbonyl (C=O) groups is 3. The quantitative estimate of drug-likeness (QED) is 0.0954. The van der Waals surface area contributed by atoms with Crippen LogP contribution in [0.25, 0.3) is 0 Å². The van der Waals surface area contributed by atoms with Crippen molar-refractivity contribution in [1.82, 2.24) is 0 Å². The number of nitrogens with one attached hydrogen (secondary N) is 3. The molecule has 0 spiro atoms. The highest BCUT2D eigenvalue weighted by atomic mass is 32.2. The van der Waals surface area contributed by atoms with Gasteiger partial charge >= 0.3 is 5.97 Å². The Hall–Kier alpha value is -4.47. The van der Waals surface area contributed by atoms with Gasteiger partial charge in [0, 0.05) is 27.5 Å². The van der Waals surface area contributed by atoms with Crippen LogP contribution in [0.1, 0.15) is 44.0 Å². The molecule has 0 saturated heterocycles. The van der Waals surface area contributed by atoms with Gasteiger partial charge in [0.25, 0.3) is 0 Å². The highest BCUT2D eigenvalue weighted by Gasteiger charge is 2.23. The average molecular weight is 570 g/mol. The van der Waals surface area contributed by atoms with Crippen molar-refractivity contribution >= 4 is 63.8 Å². The van der Waals surface area contributed by atoms with Crippen LogP contribution < -0.4 is 16.0 Å². The van der Waals surface area contributed by atoms with E-state index in [1.54, 1.807) is 30.3 Å². The fourth-order valence-corrected chi connectivity index (χ4v) is 5.17. The first kappa shape index (κ1) is 28.5. The SMILES string of the molecule is CC(=O)c1ccc(NC(=S)Nc2cccc(SC(C(=O)Nc3cc(C(=O)O)ccc3C)c3ccccc3)c2)cc1. The molecule has 0 aliphatic carbocycles. The van der Waals surface area contributed by atoms with E-state index in [0.29, 0.717) is 16.4 Å². The second kappa shape index (κ2) is 13.1. The molecule has 0 aliphatic rings. The number of amides is 1. The van der Waals surface area contributed by atoms with Crippen molar-refractivity contribution in [3.63, 3.8) is 0 Å². The average Bonchev–Trinajstić information content (AvgIpc) is 2.93. The summed E-state index contributed by atoms with van der Waals surface area (Å²) in [6.45, 7) is 3.33. The van der Waals surface area contributed by atoms with Crippen LogP contribution in [0.4, 0.5) is 17.1 Å². The number of thioether (sulfide) groups is 1. The number of carboxylic acids is 1. The topological polar surface area (TPSA) is 108 Å². The summed E-state index contributed by atoms with van der Waals surface area (Å²) in [5.74, 6) is -1.34. The number of rotatable bonds is 9. The molecule has 7 nitrogen and oxygen atoms in total. The first-order valence-electron chi connectivity index (χ1n) is 12.3. The van der Waals surface area contributed by atoms with E-state index in [0.717, 1.165) is 27.4 Å². The van der Waals surface area contributed by atoms with E-state index in [-0.39, 0.29) is 17.3 Å². The third kappa shape index (κ3) is 7.56. The number of carbonyl (C=O) groups excluding carboxylic acids is 2. The molecular weight excluding hydrogens is 542 g/mol. The van der Waals surface area contributed by atoms with E-state index in [4.69, 9.17) is 12.2 Å². The number of benzene rings is 4. The molecule has 4 aromatic rings. The van der Waals surface area contributed by atoms with Crippen molar-refractivity contribution < 1.29 is 19.5 Å². The highest BCUT2D eigenvalue weighted by Crippen LogP contribution is 2.37. The van der Waals surface area contributed by atoms with Crippen molar-refractivity contribution in [2.45, 2.75) is 24.0 Å². The molecule has 9 heteroatoms. The Morgan fingerprint density at radius 2 is 1.45 bits per heavy atom. The molecule has 0 radical (unpaired) electrons. The number of aryl methyl sites for hydroxylation is 1. The Labute approximate surface area is 242 Å². The molecule has 0 bridgehead atoms. The van der Waals surface area contributed by atoms with Gasteiger partial charge in [-0.15, -0.1) is 11.8 Å². The second-order valence-electron chi connectivity index (χ2n) is 8.97. The predicted molar refractivity (Wildman–Crippen MR) is 165 cm³/mol. The molecule has 4 rings (SSSR count). The Kier molecular flexibility index (Phi) is 9.31. The van der Waals surface area contributed by atoms with Gasteiger partial charge in [0.05, 0.1) is 5.56 Å². The number of Topliss-reactive ketones (excluding diaryl/α,β-unsaturated/α-hetero) is 1. The van der Waals surface area contributed by atoms with Crippen molar-refractivity contribution in [2.75, 3.05) is 16.0 Å². The van der Waals surface area contributed by atoms with Gasteiger partial charge in [0.2, 0.25) is 5.91 Å². The predicted octanol–water partition coefficient (Wildman–Crippen LogP) is 7.18. The molecule has 202 valence electrons. The summed E-state index contributed by atoms with van der Waals surface area (Å²) in [7, 11) is 0. The molecule has 0 heterocycles. The molecule has 1 atom stereocenters. The van der Waals surface area contributed by atoms with Gasteiger partial charge in [0.1, 0.15) is 5.25 Å². The zero-order valence-corrected chi connectivity index (χ0v) is 23.4. The smallest absolute Gasteiger partial charge is 0.335 e. The van der Waals surface area contributed by atoms with Gasteiger partial charge in [-0.05, 0) is 91.8 Å². The lowest BCUT2D eigenvalue weighted by Crippen LogP contribution is -2.20. The number of carboxylic acid groups (broad SMARTS) is 1. The van der Waals surface area contributed by atoms with Gasteiger partial charge < -0.3 is 21.1 Å². The van der Waals surface area contributed by atoms with Crippen molar-refractivity contribution in [1.29, 1.82) is 0 Å². The van der Waals surface area contributed by atoms with Gasteiger partial charge in [-0.3, -0.25) is 9.59 Å². The van der Waals surface area contributed by atoms with Crippen LogP contribution in [0.2, 0.25) is 0 Å². The Morgan fingerprint density at radius 3 is 2.12 bits per heavy atom. The van der Waals surface area contributed by atoms with Crippen molar-refractivity contribution in [3.8, 4) is 0 Å². The fraction of sp³-hybridized carbons (Fsp3) is 0.0968. The molecule has 40 heavy (non-hydrogen) atoms. The molecule has 0 saturated carbocycles. The summed E-state index contributed by atoms with van der Waals surface area (Å²) in [5, 5.41) is 18.3. The Morgan fingerprint density at radius 1 is 0.775 bits per heavy atom. The summed E-state index contributed by atoms with van der Waals surface area (Å²) < 4.78 is 0. The molecule has 1 unspecified atom stereocenters. The molecule has 0 aromatic heterocycles. The largest absolute Gasteiger partial charge is 0.478 e. The van der Waals surface area contributed by atoms with Crippen molar-refractivity contribution in [2.24, 2.45) is 0 Å². The number of hydrogen-bond donors (Lipinski definition) is 4. The number of ketones is 1. The van der Waals surface area contributed by atoms with Gasteiger partial charge in [-0.1, -0.05) is 42.5 Å². The van der Waals surface area contributed by atoms with Crippen LogP contribution in [0, 0.1) is 6.92 Å². The number of thiocarbonyl (C=S) groups is 1. The van der Waals surface area contributed by atoms with Crippen molar-refractivity contribution in [3.05, 3.63) is 119 Å². The summed E-state index contributed by atoms with van der Waals surface area (Å²) in [6, 6.07) is 28.6. The first-order chi connectivity index (χ1) is 19.2. The molecule has 0 fully saturated rings. The highest BCUT2D eigenvalue weighted by molar-refractivity contribution is 8.00. The van der Waals surface area contributed by atoms with E-state index in [2.05, 4.69) is 16.0 Å². The molecular formula is C31H27N3O4S2. The van der Waals surface area contributed by atoms with Gasteiger partial charge in [0.15, 0.2) is 10.9 Å². The maximum absolute atomic E-state index is 13.5. The van der Waals surface area contributed by atoms with Gasteiger partial charge in [-0.2, -0.15) is 0 Å². The third-order valence-electron chi connectivity index (χ3n) is 5.98. The van der Waals surface area contributed by atoms with Crippen LogP contribution >= 0.6 is 24.0 Å². The lowest BCUT2D eigenvalue weighted by Gasteiger charge is -2.19. The van der Waals surface area contributed by atoms with Crippen LogP contribution in [0.15, 0.2) is 102 Å². The molecule has 4 N–H and O–H groups in total. The third-order valence-corrected chi connectivity index (χ3v) is 7.43. The monoisotopic (exact) mass is 569 g/mol. The minimum absolute atomic E-state index is 0.00651. The minimum Gasteiger partial charge on any atom is -0.478 e. The molecule has 1 amide bonds. The zero-order valence-electron chi connectivity index (χ0n) is 21.8. The Balaban J connectivity index is 1.50. The van der Waals surface area contributed by atoms with Crippen LogP contribution in [-0.4, -0.2) is 27.9 Å². The standard InChI is InChI=1S/C31H27N3O4S2/c1-19-11-12-23(30(37)38)17-27(19)34-29(36)28(22-7-4-3-5-8-22)40-26-10-6-9-25(18-26)33-31(39)32-24-15-13-21(14-16-24)20(2)35/h3-18,28H,1-2H3,(H,34,36)(H,37,38)(H2,32,33,39). The summed E-state index contributed by atoms with van der Waals surface area (Å²) in [4.78, 5) is 37.3. The van der Waals surface area contributed by atoms with Crippen LogP contribution in [0.5, 0.6) is 0 Å². The fourth-order valence-electron chi connectivity index (χ4n) is 3.85.